The van der Waals surface area contributed by atoms with Gasteiger partial charge in [0.15, 0.2) is 0 Å². The predicted molar refractivity (Wildman–Crippen MR) is 106 cm³/mol. The maximum atomic E-state index is 13.7. The number of halogens is 3. The summed E-state index contributed by atoms with van der Waals surface area (Å²) in [6.45, 7) is 2.20. The van der Waals surface area contributed by atoms with E-state index >= 15 is 0 Å². The van der Waals surface area contributed by atoms with Crippen LogP contribution in [-0.2, 0) is 6.18 Å². The van der Waals surface area contributed by atoms with E-state index in [0.717, 1.165) is 6.07 Å². The molecule has 4 heterocycles. The van der Waals surface area contributed by atoms with E-state index in [9.17, 15) is 18.0 Å². The van der Waals surface area contributed by atoms with Crippen LogP contribution in [0.3, 0.4) is 0 Å². The molecule has 0 spiro atoms. The van der Waals surface area contributed by atoms with E-state index in [1.165, 1.54) is 19.3 Å². The zero-order valence-electron chi connectivity index (χ0n) is 17.3. The smallest absolute Gasteiger partial charge is 0.347 e. The molecule has 1 atom stereocenters. The fourth-order valence-electron chi connectivity index (χ4n) is 3.79. The molecule has 1 fully saturated rings. The number of carbonyl (C=O) groups excluding carboxylic acids is 1. The van der Waals surface area contributed by atoms with Gasteiger partial charge in [0.05, 0.1) is 27.9 Å². The molecule has 31 heavy (non-hydrogen) atoms. The van der Waals surface area contributed by atoms with E-state index in [0.29, 0.717) is 30.9 Å². The Hall–Kier alpha value is -3.24. The maximum Gasteiger partial charge on any atom is 0.417 e. The first kappa shape index (κ1) is 21.0. The van der Waals surface area contributed by atoms with Gasteiger partial charge in [-0.3, -0.25) is 4.79 Å². The summed E-state index contributed by atoms with van der Waals surface area (Å²) in [5, 5.41) is 3.51. The van der Waals surface area contributed by atoms with Gasteiger partial charge in [-0.25, -0.2) is 15.0 Å². The molecule has 0 aromatic carbocycles. The molecule has 0 bridgehead atoms. The quantitative estimate of drug-likeness (QED) is 0.624. The number of fused-ring (bicyclic) bond motifs is 1. The Morgan fingerprint density at radius 2 is 1.97 bits per heavy atom. The Kier molecular flexibility index (Phi) is 5.28. The molecule has 1 aliphatic heterocycles. The third-order valence-electron chi connectivity index (χ3n) is 5.35. The minimum atomic E-state index is -4.57. The van der Waals surface area contributed by atoms with Crippen molar-refractivity contribution in [1.82, 2.24) is 25.0 Å². The number of likely N-dealkylation sites (tertiary alicyclic amines) is 1. The van der Waals surface area contributed by atoms with E-state index in [1.807, 2.05) is 0 Å². The average Bonchev–Trinajstić information content (AvgIpc) is 3.12. The van der Waals surface area contributed by atoms with E-state index in [4.69, 9.17) is 4.52 Å². The first-order valence-corrected chi connectivity index (χ1v) is 9.78. The van der Waals surface area contributed by atoms with Gasteiger partial charge in [-0.2, -0.15) is 13.2 Å². The van der Waals surface area contributed by atoms with Crippen molar-refractivity contribution < 1.29 is 22.5 Å². The number of hydrogen-bond acceptors (Lipinski definition) is 7. The van der Waals surface area contributed by atoms with Crippen molar-refractivity contribution in [1.29, 1.82) is 0 Å². The zero-order valence-corrected chi connectivity index (χ0v) is 17.3. The van der Waals surface area contributed by atoms with Crippen LogP contribution in [-0.4, -0.2) is 58.1 Å². The van der Waals surface area contributed by atoms with E-state index in [2.05, 4.69) is 20.1 Å². The summed E-state index contributed by atoms with van der Waals surface area (Å²) in [6, 6.07) is 1.06. The SMILES string of the molecule is Cc1noc2nc([C@@H]3CCCN(C(=O)c4cnc(N(C)C)nc4)C3)cc(C(F)(F)F)c12. The van der Waals surface area contributed by atoms with Gasteiger partial charge in [0.1, 0.15) is 0 Å². The van der Waals surface area contributed by atoms with Gasteiger partial charge >= 0.3 is 6.18 Å². The van der Waals surface area contributed by atoms with Crippen LogP contribution in [0.1, 0.15) is 46.1 Å². The molecular weight excluding hydrogens is 413 g/mol. The van der Waals surface area contributed by atoms with Crippen LogP contribution >= 0.6 is 0 Å². The molecule has 0 N–H and O–H groups in total. The largest absolute Gasteiger partial charge is 0.417 e. The fourth-order valence-corrected chi connectivity index (χ4v) is 3.79. The Bertz CT molecular complexity index is 1110. The van der Waals surface area contributed by atoms with Gasteiger partial charge in [-0.05, 0) is 25.8 Å². The highest BCUT2D eigenvalue weighted by atomic mass is 19.4. The predicted octanol–water partition coefficient (Wildman–Crippen LogP) is 3.43. The lowest BCUT2D eigenvalue weighted by atomic mass is 9.92. The molecule has 1 aliphatic rings. The third-order valence-corrected chi connectivity index (χ3v) is 5.35. The van der Waals surface area contributed by atoms with Gasteiger partial charge in [0, 0.05) is 45.5 Å². The molecule has 3 aromatic heterocycles. The van der Waals surface area contributed by atoms with Gasteiger partial charge in [0.25, 0.3) is 11.6 Å². The van der Waals surface area contributed by atoms with Crippen molar-refractivity contribution in [3.8, 4) is 0 Å². The molecule has 1 saturated heterocycles. The molecule has 4 rings (SSSR count). The lowest BCUT2D eigenvalue weighted by Gasteiger charge is -2.32. The number of rotatable bonds is 3. The second-order valence-electron chi connectivity index (χ2n) is 7.80. The van der Waals surface area contributed by atoms with Crippen LogP contribution in [0, 0.1) is 6.92 Å². The molecule has 0 unspecified atom stereocenters. The number of piperidine rings is 1. The summed E-state index contributed by atoms with van der Waals surface area (Å²) >= 11 is 0. The van der Waals surface area contributed by atoms with Crippen molar-refractivity contribution in [2.75, 3.05) is 32.1 Å². The second-order valence-corrected chi connectivity index (χ2v) is 7.80. The monoisotopic (exact) mass is 434 g/mol. The molecule has 11 heteroatoms. The maximum absolute atomic E-state index is 13.7. The number of hydrogen-bond donors (Lipinski definition) is 0. The van der Waals surface area contributed by atoms with Gasteiger partial charge < -0.3 is 14.3 Å². The Balaban J connectivity index is 1.61. The van der Waals surface area contributed by atoms with Crippen molar-refractivity contribution in [2.45, 2.75) is 31.9 Å². The Labute approximate surface area is 176 Å². The molecule has 164 valence electrons. The third kappa shape index (κ3) is 4.04. The second kappa shape index (κ2) is 7.78. The highest BCUT2D eigenvalue weighted by Crippen LogP contribution is 2.38. The molecule has 0 radical (unpaired) electrons. The summed E-state index contributed by atoms with van der Waals surface area (Å²) in [7, 11) is 3.59. The minimum absolute atomic E-state index is 0.127. The van der Waals surface area contributed by atoms with Crippen molar-refractivity contribution in [3.63, 3.8) is 0 Å². The normalized spacial score (nSPS) is 17.2. The van der Waals surface area contributed by atoms with E-state index < -0.39 is 11.7 Å². The number of alkyl halides is 3. The lowest BCUT2D eigenvalue weighted by Crippen LogP contribution is -2.39. The molecule has 0 aliphatic carbocycles. The molecule has 0 saturated carbocycles. The number of nitrogens with zero attached hydrogens (tertiary/aromatic N) is 6. The molecule has 3 aromatic rings. The molecule has 1 amide bonds. The Morgan fingerprint density at radius 3 is 2.61 bits per heavy atom. The van der Waals surface area contributed by atoms with Gasteiger partial charge in [0.2, 0.25) is 5.95 Å². The number of carbonyl (C=O) groups is 1. The van der Waals surface area contributed by atoms with E-state index in [1.54, 1.807) is 23.9 Å². The summed E-state index contributed by atoms with van der Waals surface area (Å²) in [6.07, 6.45) is -0.399. The zero-order chi connectivity index (χ0) is 22.3. The lowest BCUT2D eigenvalue weighted by molar-refractivity contribution is -0.136. The topological polar surface area (TPSA) is 88.2 Å². The summed E-state index contributed by atoms with van der Waals surface area (Å²) in [5.41, 5.74) is -0.243. The summed E-state index contributed by atoms with van der Waals surface area (Å²) in [5.74, 6) is -0.134. The van der Waals surface area contributed by atoms with E-state index in [-0.39, 0.29) is 40.9 Å². The Morgan fingerprint density at radius 1 is 1.26 bits per heavy atom. The summed E-state index contributed by atoms with van der Waals surface area (Å²) < 4.78 is 46.0. The van der Waals surface area contributed by atoms with Crippen LogP contribution < -0.4 is 4.90 Å². The van der Waals surface area contributed by atoms with Crippen LogP contribution in [0.4, 0.5) is 19.1 Å². The van der Waals surface area contributed by atoms with Gasteiger partial charge in [-0.15, -0.1) is 0 Å². The number of anilines is 1. The van der Waals surface area contributed by atoms with Crippen LogP contribution in [0.25, 0.3) is 11.1 Å². The van der Waals surface area contributed by atoms with Gasteiger partial charge in [-0.1, -0.05) is 5.16 Å². The van der Waals surface area contributed by atoms with Crippen LogP contribution in [0.15, 0.2) is 23.0 Å². The number of pyridine rings is 1. The van der Waals surface area contributed by atoms with Crippen LogP contribution in [0.2, 0.25) is 0 Å². The van der Waals surface area contributed by atoms with Crippen molar-refractivity contribution in [3.05, 3.63) is 41.0 Å². The number of aryl methyl sites for hydroxylation is 1. The number of amides is 1. The minimum Gasteiger partial charge on any atom is -0.347 e. The summed E-state index contributed by atoms with van der Waals surface area (Å²) in [4.78, 5) is 28.8. The molecule has 8 nitrogen and oxygen atoms in total. The highest BCUT2D eigenvalue weighted by Gasteiger charge is 2.37. The average molecular weight is 434 g/mol. The molecular formula is C20H21F3N6O2. The number of aromatic nitrogens is 4. The standard InChI is InChI=1S/C20H21F3N6O2/c1-11-16-14(20(21,22)23)7-15(26-17(16)31-27-11)12-5-4-6-29(10-12)18(30)13-8-24-19(25-9-13)28(2)3/h7-9,12H,4-6,10H2,1-3H3/t12-/m1/s1. The first-order valence-electron chi connectivity index (χ1n) is 9.78. The van der Waals surface area contributed by atoms with Crippen molar-refractivity contribution in [2.24, 2.45) is 0 Å². The first-order chi connectivity index (χ1) is 14.6. The fraction of sp³-hybridized carbons (Fsp3) is 0.450. The highest BCUT2D eigenvalue weighted by molar-refractivity contribution is 5.93. The van der Waals surface area contributed by atoms with Crippen molar-refractivity contribution >= 4 is 23.0 Å². The van der Waals surface area contributed by atoms with Crippen LogP contribution in [0.5, 0.6) is 0 Å².